The highest BCUT2D eigenvalue weighted by atomic mass is 16.6. The molecule has 1 aromatic carbocycles. The first-order valence-corrected chi connectivity index (χ1v) is 11.2. The summed E-state index contributed by atoms with van der Waals surface area (Å²) in [6, 6.07) is 9.65. The Labute approximate surface area is 177 Å². The maximum atomic E-state index is 13.0. The van der Waals surface area contributed by atoms with Crippen molar-refractivity contribution in [2.24, 2.45) is 5.92 Å². The lowest BCUT2D eigenvalue weighted by Gasteiger charge is -2.40. The molecule has 3 aliphatic heterocycles. The maximum absolute atomic E-state index is 13.0. The van der Waals surface area contributed by atoms with Gasteiger partial charge in [0.05, 0.1) is 6.04 Å². The zero-order valence-corrected chi connectivity index (χ0v) is 17.7. The van der Waals surface area contributed by atoms with E-state index in [-0.39, 0.29) is 35.9 Å². The molecule has 0 bridgehead atoms. The van der Waals surface area contributed by atoms with Crippen LogP contribution in [0.4, 0.5) is 4.79 Å². The molecule has 1 aromatic rings. The van der Waals surface area contributed by atoms with E-state index < -0.39 is 0 Å². The molecule has 1 unspecified atom stereocenters. The predicted octanol–water partition coefficient (Wildman–Crippen LogP) is 2.76. The number of nitrogens with zero attached hydrogens (tertiary/aromatic N) is 3. The molecule has 4 rings (SSSR count). The van der Waals surface area contributed by atoms with E-state index in [0.29, 0.717) is 51.2 Å². The molecule has 0 N–H and O–H groups in total. The topological polar surface area (TPSA) is 70.2 Å². The fraction of sp³-hybridized carbons (Fsp3) is 0.609. The number of piperidine rings is 2. The summed E-state index contributed by atoms with van der Waals surface area (Å²) in [7, 11) is 0. The number of rotatable bonds is 4. The average molecular weight is 414 g/mol. The van der Waals surface area contributed by atoms with Crippen molar-refractivity contribution in [2.45, 2.75) is 51.1 Å². The third-order valence-corrected chi connectivity index (χ3v) is 6.80. The summed E-state index contributed by atoms with van der Waals surface area (Å²) in [4.78, 5) is 43.4. The summed E-state index contributed by atoms with van der Waals surface area (Å²) < 4.78 is 5.23. The summed E-state index contributed by atoms with van der Waals surface area (Å²) in [6.45, 7) is 5.18. The summed E-state index contributed by atoms with van der Waals surface area (Å²) >= 11 is 0. The molecule has 3 aliphatic rings. The molecule has 7 heteroatoms. The highest BCUT2D eigenvalue weighted by molar-refractivity contribution is 5.94. The van der Waals surface area contributed by atoms with E-state index in [1.165, 1.54) is 0 Å². The van der Waals surface area contributed by atoms with Crippen LogP contribution in [0, 0.1) is 5.92 Å². The van der Waals surface area contributed by atoms with E-state index in [0.717, 1.165) is 19.3 Å². The molecule has 7 nitrogen and oxygen atoms in total. The van der Waals surface area contributed by atoms with Crippen LogP contribution in [0.1, 0.15) is 49.4 Å². The molecule has 0 radical (unpaired) electrons. The van der Waals surface area contributed by atoms with Crippen molar-refractivity contribution in [1.29, 1.82) is 0 Å². The van der Waals surface area contributed by atoms with Crippen molar-refractivity contribution >= 4 is 17.9 Å². The predicted molar refractivity (Wildman–Crippen MR) is 112 cm³/mol. The minimum Gasteiger partial charge on any atom is -0.447 e. The van der Waals surface area contributed by atoms with E-state index in [4.69, 9.17) is 4.74 Å². The van der Waals surface area contributed by atoms with Crippen LogP contribution in [0.15, 0.2) is 30.3 Å². The second-order valence-corrected chi connectivity index (χ2v) is 8.54. The molecule has 0 spiro atoms. The van der Waals surface area contributed by atoms with Crippen molar-refractivity contribution in [1.82, 2.24) is 14.7 Å². The molecule has 1 atom stereocenters. The average Bonchev–Trinajstić information content (AvgIpc) is 3.19. The first kappa shape index (κ1) is 20.7. The third kappa shape index (κ3) is 4.16. The summed E-state index contributed by atoms with van der Waals surface area (Å²) in [5.41, 5.74) is 0.704. The van der Waals surface area contributed by atoms with E-state index in [9.17, 15) is 14.4 Å². The zero-order valence-electron chi connectivity index (χ0n) is 17.7. The van der Waals surface area contributed by atoms with Gasteiger partial charge in [0.1, 0.15) is 6.61 Å². The van der Waals surface area contributed by atoms with Gasteiger partial charge >= 0.3 is 6.09 Å². The molecular formula is C23H31N3O4. The maximum Gasteiger partial charge on any atom is 0.410 e. The standard InChI is InChI=1S/C23H31N3O4/c1-2-19-16-30-23(29)26(19)20-10-14-25(15-11-20)22(28)18-8-12-24(13-9-18)21(27)17-6-4-3-5-7-17/h3-7,18-20H,2,8-16H2,1H3. The fourth-order valence-corrected chi connectivity index (χ4v) is 4.95. The van der Waals surface area contributed by atoms with Gasteiger partial charge in [-0.15, -0.1) is 0 Å². The van der Waals surface area contributed by atoms with E-state index in [2.05, 4.69) is 6.92 Å². The highest BCUT2D eigenvalue weighted by Gasteiger charge is 2.40. The Hall–Kier alpha value is -2.57. The van der Waals surface area contributed by atoms with E-state index >= 15 is 0 Å². The minimum atomic E-state index is -0.206. The lowest BCUT2D eigenvalue weighted by atomic mass is 9.93. The number of hydrogen-bond donors (Lipinski definition) is 0. The molecule has 3 saturated heterocycles. The normalized spacial score (nSPS) is 23.6. The highest BCUT2D eigenvalue weighted by Crippen LogP contribution is 2.27. The molecule has 162 valence electrons. The van der Waals surface area contributed by atoms with Crippen molar-refractivity contribution in [2.75, 3.05) is 32.8 Å². The fourth-order valence-electron chi connectivity index (χ4n) is 4.95. The molecule has 0 aromatic heterocycles. The number of carbonyl (C=O) groups is 3. The van der Waals surface area contributed by atoms with Gasteiger partial charge in [0.2, 0.25) is 5.91 Å². The number of cyclic esters (lactones) is 1. The Bertz CT molecular complexity index is 768. The molecule has 0 saturated carbocycles. The monoisotopic (exact) mass is 413 g/mol. The van der Waals surface area contributed by atoms with E-state index in [1.807, 2.05) is 45.0 Å². The smallest absolute Gasteiger partial charge is 0.410 e. The lowest BCUT2D eigenvalue weighted by Crippen LogP contribution is -2.51. The van der Waals surface area contributed by atoms with Crippen LogP contribution in [-0.2, 0) is 9.53 Å². The first-order valence-electron chi connectivity index (χ1n) is 11.2. The Morgan fingerprint density at radius 3 is 2.23 bits per heavy atom. The van der Waals surface area contributed by atoms with Crippen molar-refractivity contribution in [3.05, 3.63) is 35.9 Å². The summed E-state index contributed by atoms with van der Waals surface area (Å²) in [6.07, 6.45) is 3.74. The number of carbonyl (C=O) groups excluding carboxylic acids is 3. The Morgan fingerprint density at radius 1 is 0.967 bits per heavy atom. The van der Waals surface area contributed by atoms with Gasteiger partial charge in [-0.05, 0) is 44.2 Å². The number of hydrogen-bond acceptors (Lipinski definition) is 4. The lowest BCUT2D eigenvalue weighted by molar-refractivity contribution is -0.138. The van der Waals surface area contributed by atoms with Gasteiger partial charge in [0.25, 0.3) is 5.91 Å². The molecule has 3 fully saturated rings. The number of amides is 3. The molecule has 3 heterocycles. The van der Waals surface area contributed by atoms with Crippen LogP contribution in [-0.4, -0.2) is 77.5 Å². The van der Waals surface area contributed by atoms with Gasteiger partial charge in [-0.25, -0.2) is 4.79 Å². The quantitative estimate of drug-likeness (QED) is 0.761. The Kier molecular flexibility index (Phi) is 6.25. The van der Waals surface area contributed by atoms with Gasteiger partial charge in [-0.3, -0.25) is 14.5 Å². The van der Waals surface area contributed by atoms with Crippen LogP contribution in [0.2, 0.25) is 0 Å². The van der Waals surface area contributed by atoms with Crippen molar-refractivity contribution in [3.63, 3.8) is 0 Å². The molecule has 30 heavy (non-hydrogen) atoms. The molecule has 3 amide bonds. The van der Waals surface area contributed by atoms with Crippen molar-refractivity contribution in [3.8, 4) is 0 Å². The van der Waals surface area contributed by atoms with Gasteiger partial charge in [0, 0.05) is 43.7 Å². The zero-order chi connectivity index (χ0) is 21.1. The summed E-state index contributed by atoms with van der Waals surface area (Å²) in [5.74, 6) is 0.239. The van der Waals surface area contributed by atoms with Crippen molar-refractivity contribution < 1.29 is 19.1 Å². The number of likely N-dealkylation sites (tertiary alicyclic amines) is 2. The van der Waals surface area contributed by atoms with Crippen LogP contribution < -0.4 is 0 Å². The summed E-state index contributed by atoms with van der Waals surface area (Å²) in [5, 5.41) is 0. The Morgan fingerprint density at radius 2 is 1.60 bits per heavy atom. The van der Waals surface area contributed by atoms with Crippen LogP contribution >= 0.6 is 0 Å². The number of benzene rings is 1. The SMILES string of the molecule is CCC1COC(=O)N1C1CCN(C(=O)C2CCN(C(=O)c3ccccc3)CC2)CC1. The molecule has 0 aliphatic carbocycles. The second-order valence-electron chi connectivity index (χ2n) is 8.54. The molecular weight excluding hydrogens is 382 g/mol. The number of ether oxygens (including phenoxy) is 1. The van der Waals surface area contributed by atoms with Crippen LogP contribution in [0.25, 0.3) is 0 Å². The van der Waals surface area contributed by atoms with Gasteiger partial charge in [-0.2, -0.15) is 0 Å². The third-order valence-electron chi connectivity index (χ3n) is 6.80. The minimum absolute atomic E-state index is 0.0125. The van der Waals surface area contributed by atoms with Crippen LogP contribution in [0.3, 0.4) is 0 Å². The largest absolute Gasteiger partial charge is 0.447 e. The van der Waals surface area contributed by atoms with Gasteiger partial charge in [-0.1, -0.05) is 25.1 Å². The van der Waals surface area contributed by atoms with E-state index in [1.54, 1.807) is 0 Å². The second kappa shape index (κ2) is 9.06. The van der Waals surface area contributed by atoms with Gasteiger partial charge < -0.3 is 14.5 Å². The first-order chi connectivity index (χ1) is 14.6. The van der Waals surface area contributed by atoms with Crippen LogP contribution in [0.5, 0.6) is 0 Å². The Balaban J connectivity index is 1.26. The van der Waals surface area contributed by atoms with Gasteiger partial charge in [0.15, 0.2) is 0 Å².